The number of anilines is 3. The number of rotatable bonds is 10. The molecule has 2 fully saturated rings. The number of benzene rings is 1. The van der Waals surface area contributed by atoms with Gasteiger partial charge >= 0.3 is 0 Å². The van der Waals surface area contributed by atoms with E-state index in [0.717, 1.165) is 50.7 Å². The number of nitrogens with zero attached hydrogens (tertiary/aromatic N) is 3. The van der Waals surface area contributed by atoms with E-state index in [9.17, 15) is 4.79 Å². The van der Waals surface area contributed by atoms with Crippen molar-refractivity contribution in [2.45, 2.75) is 139 Å². The van der Waals surface area contributed by atoms with Gasteiger partial charge in [0.05, 0.1) is 11.8 Å². The van der Waals surface area contributed by atoms with Gasteiger partial charge in [-0.15, -0.1) is 0 Å². The highest BCUT2D eigenvalue weighted by atomic mass is 35.5. The quantitative estimate of drug-likeness (QED) is 0.213. The van der Waals surface area contributed by atoms with Crippen LogP contribution in [0.3, 0.4) is 0 Å². The number of hydrogen-bond acceptors (Lipinski definition) is 7. The van der Waals surface area contributed by atoms with Crippen molar-refractivity contribution in [3.63, 3.8) is 0 Å². The van der Waals surface area contributed by atoms with Crippen molar-refractivity contribution in [2.24, 2.45) is 17.8 Å². The number of nitrogens with one attached hydrogen (secondary N) is 2. The Bertz CT molecular complexity index is 1150. The highest BCUT2D eigenvalue weighted by Crippen LogP contribution is 2.41. The third kappa shape index (κ3) is 16.9. The van der Waals surface area contributed by atoms with Gasteiger partial charge in [0, 0.05) is 37.0 Å². The van der Waals surface area contributed by atoms with E-state index in [1.807, 2.05) is 47.6 Å². The van der Waals surface area contributed by atoms with Crippen LogP contribution in [0.25, 0.3) is 0 Å². The molecule has 0 saturated carbocycles. The first-order valence-corrected chi connectivity index (χ1v) is 18.7. The summed E-state index contributed by atoms with van der Waals surface area (Å²) in [5.41, 5.74) is 1.74. The van der Waals surface area contributed by atoms with Crippen LogP contribution < -0.4 is 15.5 Å². The Kier molecular flexibility index (Phi) is 22.8. The first kappa shape index (κ1) is 45.7. The van der Waals surface area contributed by atoms with E-state index in [1.54, 1.807) is 13.1 Å². The maximum atomic E-state index is 15.5. The van der Waals surface area contributed by atoms with Crippen LogP contribution in [-0.4, -0.2) is 58.8 Å². The van der Waals surface area contributed by atoms with Crippen molar-refractivity contribution in [1.82, 2.24) is 15.3 Å². The maximum Gasteiger partial charge on any atom is 0.227 e. The van der Waals surface area contributed by atoms with Crippen molar-refractivity contribution >= 4 is 35.3 Å². The molecule has 0 aliphatic carbocycles. The van der Waals surface area contributed by atoms with Gasteiger partial charge in [0.2, 0.25) is 5.95 Å². The predicted octanol–water partition coefficient (Wildman–Crippen LogP) is 10.3. The van der Waals surface area contributed by atoms with Gasteiger partial charge in [-0.1, -0.05) is 85.4 Å². The minimum Gasteiger partial charge on any atom is -0.390 e. The van der Waals surface area contributed by atoms with Crippen LogP contribution in [0.4, 0.5) is 21.8 Å². The molecule has 0 spiro atoms. The molecule has 0 bridgehead atoms. The third-order valence-electron chi connectivity index (χ3n) is 8.73. The molecule has 2 aliphatic heterocycles. The van der Waals surface area contributed by atoms with Crippen molar-refractivity contribution < 1.29 is 14.3 Å². The van der Waals surface area contributed by atoms with Crippen LogP contribution in [0.1, 0.15) is 125 Å². The van der Waals surface area contributed by atoms with Gasteiger partial charge in [-0.25, -0.2) is 9.37 Å². The molecule has 0 radical (unpaired) electrons. The van der Waals surface area contributed by atoms with E-state index < -0.39 is 11.3 Å². The summed E-state index contributed by atoms with van der Waals surface area (Å²) in [6.45, 7) is 27.2. The Morgan fingerprint density at radius 2 is 1.71 bits per heavy atom. The summed E-state index contributed by atoms with van der Waals surface area (Å²) in [6.07, 6.45) is 9.73. The second-order valence-electron chi connectivity index (χ2n) is 13.7. The molecule has 3 atom stereocenters. The van der Waals surface area contributed by atoms with E-state index in [-0.39, 0.29) is 11.8 Å². The number of carbonyl (C=O) groups excluding carboxylic acids is 1. The number of aldehydes is 1. The number of aromatic nitrogens is 2. The van der Waals surface area contributed by atoms with Gasteiger partial charge in [-0.05, 0) is 96.1 Å². The fraction of sp³-hybridized carbons (Fsp3) is 0.718. The number of aryl methyl sites for hydroxylation is 2. The van der Waals surface area contributed by atoms with Crippen LogP contribution in [0.2, 0.25) is 5.02 Å². The summed E-state index contributed by atoms with van der Waals surface area (Å²) in [5, 5.41) is 16.1. The Morgan fingerprint density at radius 1 is 1.08 bits per heavy atom. The van der Waals surface area contributed by atoms with E-state index in [2.05, 4.69) is 67.3 Å². The lowest BCUT2D eigenvalue weighted by Crippen LogP contribution is -2.56. The molecule has 3 heterocycles. The number of alkyl halides is 1. The topological polar surface area (TPSA) is 90.4 Å². The zero-order chi connectivity index (χ0) is 36.9. The van der Waals surface area contributed by atoms with E-state index in [4.69, 9.17) is 21.7 Å². The van der Waals surface area contributed by atoms with Gasteiger partial charge in [-0.2, -0.15) is 4.98 Å². The average molecular weight is 694 g/mol. The molecule has 48 heavy (non-hydrogen) atoms. The lowest BCUT2D eigenvalue weighted by Gasteiger charge is -2.47. The summed E-state index contributed by atoms with van der Waals surface area (Å²) < 4.78 is 15.5. The summed E-state index contributed by atoms with van der Waals surface area (Å²) in [6, 6.07) is 6.16. The molecule has 3 unspecified atom stereocenters. The molecule has 1 aromatic heterocycles. The summed E-state index contributed by atoms with van der Waals surface area (Å²) >= 11 is 6.38. The normalized spacial score (nSPS) is 20.2. The number of carbonyl (C=O) groups is 1. The van der Waals surface area contributed by atoms with Crippen LogP contribution in [0, 0.1) is 31.6 Å². The van der Waals surface area contributed by atoms with E-state index >= 15 is 4.39 Å². The smallest absolute Gasteiger partial charge is 0.227 e. The van der Waals surface area contributed by atoms with Crippen molar-refractivity contribution in [2.75, 3.05) is 36.4 Å². The van der Waals surface area contributed by atoms with Crippen molar-refractivity contribution in [1.29, 1.82) is 0 Å². The monoisotopic (exact) mass is 694 g/mol. The minimum atomic E-state index is -1.18. The van der Waals surface area contributed by atoms with Crippen LogP contribution in [0.15, 0.2) is 24.4 Å². The Morgan fingerprint density at radius 3 is 2.12 bits per heavy atom. The standard InChI is InChI=1S/C23H31ClFN5.C6H14O.C4H8O.C4H10.C2H6/c1-14-5-6-19(7-15(14)2)28-21-20(24)11-27-22(29-21)30-12-16(3)23(4,25)18(13-30)8-17-9-26-10-17;1-4-5-6(2,3)7;1-2-3-4-5;1-3-4-2;1-2/h5-7,11,16-18,26H,8-10,12-13H2,1-4H3,(H,27,28,29);7H,4-5H2,1-3H3;4H,2-3H2,1H3;3-4H2,1-2H3;1-2H3. The number of piperidine rings is 1. The molecule has 1 aromatic carbocycles. The predicted molar refractivity (Wildman–Crippen MR) is 206 cm³/mol. The summed E-state index contributed by atoms with van der Waals surface area (Å²) in [7, 11) is 0. The minimum absolute atomic E-state index is 0.0382. The molecular formula is C39H69ClFN5O2. The second kappa shape index (κ2) is 24.0. The van der Waals surface area contributed by atoms with E-state index in [1.165, 1.54) is 24.0 Å². The SMILES string of the molecule is CC.CCCC.CCCC(C)(C)O.CCCC=O.Cc1ccc(Nc2nc(N3CC(C)C(C)(F)C(CC4CNC4)C3)ncc2Cl)cc1C. The van der Waals surface area contributed by atoms with Gasteiger partial charge < -0.3 is 25.4 Å². The number of hydrogen-bond donors (Lipinski definition) is 3. The van der Waals surface area contributed by atoms with Crippen molar-refractivity contribution in [3.8, 4) is 0 Å². The molecule has 3 N–H and O–H groups in total. The average Bonchev–Trinajstić information content (AvgIpc) is 3.01. The molecule has 2 saturated heterocycles. The first-order valence-electron chi connectivity index (χ1n) is 18.3. The van der Waals surface area contributed by atoms with Gasteiger partial charge in [0.15, 0.2) is 5.82 Å². The molecule has 0 amide bonds. The maximum absolute atomic E-state index is 15.5. The highest BCUT2D eigenvalue weighted by Gasteiger charge is 2.46. The van der Waals surface area contributed by atoms with Crippen LogP contribution >= 0.6 is 11.6 Å². The van der Waals surface area contributed by atoms with Gasteiger partial charge in [0.1, 0.15) is 17.0 Å². The third-order valence-corrected chi connectivity index (χ3v) is 9.01. The van der Waals surface area contributed by atoms with E-state index in [0.29, 0.717) is 42.2 Å². The molecule has 7 nitrogen and oxygen atoms in total. The van der Waals surface area contributed by atoms with Gasteiger partial charge in [-0.3, -0.25) is 0 Å². The zero-order valence-electron chi connectivity index (χ0n) is 32.4. The molecular weight excluding hydrogens is 625 g/mol. The lowest BCUT2D eigenvalue weighted by molar-refractivity contribution is -0.107. The highest BCUT2D eigenvalue weighted by molar-refractivity contribution is 6.32. The fourth-order valence-electron chi connectivity index (χ4n) is 5.10. The molecule has 2 aliphatic rings. The molecule has 276 valence electrons. The Balaban J connectivity index is 0.00000102. The first-order chi connectivity index (χ1) is 22.6. The molecule has 9 heteroatoms. The fourth-order valence-corrected chi connectivity index (χ4v) is 5.24. The molecule has 2 aromatic rings. The van der Waals surface area contributed by atoms with Crippen LogP contribution in [-0.2, 0) is 4.79 Å². The van der Waals surface area contributed by atoms with Gasteiger partial charge in [0.25, 0.3) is 0 Å². The molecule has 4 rings (SSSR count). The largest absolute Gasteiger partial charge is 0.390 e. The number of aliphatic hydroxyl groups is 1. The lowest BCUT2D eigenvalue weighted by atomic mass is 9.72. The number of halogens is 2. The Hall–Kier alpha value is -2.29. The second-order valence-corrected chi connectivity index (χ2v) is 14.1. The Labute approximate surface area is 298 Å². The summed E-state index contributed by atoms with van der Waals surface area (Å²) in [5.74, 6) is 1.60. The number of unbranched alkanes of at least 4 members (excludes halogenated alkanes) is 2. The van der Waals surface area contributed by atoms with Crippen molar-refractivity contribution in [3.05, 3.63) is 40.5 Å². The van der Waals surface area contributed by atoms with Crippen LogP contribution in [0.5, 0.6) is 0 Å². The summed E-state index contributed by atoms with van der Waals surface area (Å²) in [4.78, 5) is 20.7. The zero-order valence-corrected chi connectivity index (χ0v) is 33.1.